The van der Waals surface area contributed by atoms with Crippen LogP contribution < -0.4 is 4.90 Å². The first-order valence-electron chi connectivity index (χ1n) is 7.13. The second kappa shape index (κ2) is 4.99. The van der Waals surface area contributed by atoms with E-state index in [1.165, 1.54) is 4.90 Å². The van der Waals surface area contributed by atoms with Crippen molar-refractivity contribution in [3.05, 3.63) is 28.2 Å². The number of amides is 2. The monoisotopic (exact) mass is 335 g/mol. The minimum absolute atomic E-state index is 0.0327. The lowest BCUT2D eigenvalue weighted by molar-refractivity contribution is -0.133. The van der Waals surface area contributed by atoms with E-state index in [2.05, 4.69) is 15.9 Å². The van der Waals surface area contributed by atoms with Crippen LogP contribution in [0.3, 0.4) is 0 Å². The zero-order valence-corrected chi connectivity index (χ0v) is 13.2. The van der Waals surface area contributed by atoms with Gasteiger partial charge in [0.1, 0.15) is 0 Å². The van der Waals surface area contributed by atoms with E-state index in [-0.39, 0.29) is 17.2 Å². The molecule has 0 unspecified atom stereocenters. The first kappa shape index (κ1) is 13.8. The minimum atomic E-state index is -0.0372. The summed E-state index contributed by atoms with van der Waals surface area (Å²) in [5.41, 5.74) is 1.70. The van der Waals surface area contributed by atoms with Gasteiger partial charge in [0.15, 0.2) is 0 Å². The van der Waals surface area contributed by atoms with Gasteiger partial charge in [0, 0.05) is 17.3 Å². The third-order valence-electron chi connectivity index (χ3n) is 4.62. The van der Waals surface area contributed by atoms with E-state index >= 15 is 0 Å². The fourth-order valence-corrected chi connectivity index (χ4v) is 3.78. The van der Waals surface area contributed by atoms with Gasteiger partial charge in [-0.05, 0) is 48.9 Å². The molecule has 1 aromatic carbocycles. The van der Waals surface area contributed by atoms with Crippen molar-refractivity contribution in [2.24, 2.45) is 5.41 Å². The van der Waals surface area contributed by atoms with Gasteiger partial charge >= 0.3 is 0 Å². The molecule has 106 valence electrons. The van der Waals surface area contributed by atoms with E-state index in [0.717, 1.165) is 35.7 Å². The van der Waals surface area contributed by atoms with E-state index in [1.54, 1.807) is 0 Å². The van der Waals surface area contributed by atoms with Crippen LogP contribution in [0.1, 0.15) is 44.1 Å². The van der Waals surface area contributed by atoms with Crippen molar-refractivity contribution in [2.45, 2.75) is 45.4 Å². The largest absolute Gasteiger partial charge is 0.274 e. The Hall–Kier alpha value is -1.16. The van der Waals surface area contributed by atoms with Crippen molar-refractivity contribution in [1.82, 2.24) is 0 Å². The molecule has 2 fully saturated rings. The Morgan fingerprint density at radius 2 is 1.70 bits per heavy atom. The molecular formula is C16H18BrNO2. The fraction of sp³-hybridized carbons (Fsp3) is 0.500. The van der Waals surface area contributed by atoms with Crippen LogP contribution in [0.4, 0.5) is 5.69 Å². The average molecular weight is 336 g/mol. The van der Waals surface area contributed by atoms with Gasteiger partial charge in [0.2, 0.25) is 11.8 Å². The number of carbonyl (C=O) groups is 2. The van der Waals surface area contributed by atoms with Crippen molar-refractivity contribution < 1.29 is 9.59 Å². The lowest BCUT2D eigenvalue weighted by Gasteiger charge is -2.37. The molecule has 1 aliphatic heterocycles. The van der Waals surface area contributed by atoms with Crippen LogP contribution in [0.15, 0.2) is 22.7 Å². The van der Waals surface area contributed by atoms with Crippen molar-refractivity contribution >= 4 is 33.4 Å². The number of benzene rings is 1. The molecular weight excluding hydrogens is 318 g/mol. The second-order valence-electron chi connectivity index (χ2n) is 6.12. The minimum Gasteiger partial charge on any atom is -0.274 e. The lowest BCUT2D eigenvalue weighted by Crippen LogP contribution is -2.47. The van der Waals surface area contributed by atoms with Gasteiger partial charge in [0.05, 0.1) is 5.69 Å². The molecule has 20 heavy (non-hydrogen) atoms. The van der Waals surface area contributed by atoms with Gasteiger partial charge in [-0.3, -0.25) is 14.5 Å². The Balaban J connectivity index is 1.89. The van der Waals surface area contributed by atoms with Gasteiger partial charge in [0.25, 0.3) is 0 Å². The highest BCUT2D eigenvalue weighted by molar-refractivity contribution is 9.10. The number of halogens is 1. The molecule has 1 aromatic rings. The third kappa shape index (κ3) is 2.30. The van der Waals surface area contributed by atoms with Gasteiger partial charge in [-0.15, -0.1) is 0 Å². The molecule has 1 heterocycles. The van der Waals surface area contributed by atoms with E-state index in [0.29, 0.717) is 18.5 Å². The Morgan fingerprint density at radius 3 is 2.25 bits per heavy atom. The standard InChI is InChI=1S/C16H18BrNO2/c1-11-8-12(4-5-13(11)17)18-14(19)9-16(10-15(18)20)6-2-3-7-16/h4-5,8H,2-3,6-7,9-10H2,1H3. The summed E-state index contributed by atoms with van der Waals surface area (Å²) >= 11 is 3.44. The van der Waals surface area contributed by atoms with Crippen molar-refractivity contribution in [1.29, 1.82) is 0 Å². The normalized spacial score (nSPS) is 21.8. The van der Waals surface area contributed by atoms with Crippen LogP contribution in [0.25, 0.3) is 0 Å². The van der Waals surface area contributed by atoms with Gasteiger partial charge in [-0.2, -0.15) is 0 Å². The maximum atomic E-state index is 12.5. The molecule has 0 radical (unpaired) electrons. The van der Waals surface area contributed by atoms with Crippen LogP contribution in [0.5, 0.6) is 0 Å². The Labute approximate surface area is 127 Å². The summed E-state index contributed by atoms with van der Waals surface area (Å²) in [6.45, 7) is 1.96. The van der Waals surface area contributed by atoms with Crippen LogP contribution >= 0.6 is 15.9 Å². The number of aryl methyl sites for hydroxylation is 1. The molecule has 2 aliphatic rings. The van der Waals surface area contributed by atoms with E-state index < -0.39 is 0 Å². The average Bonchev–Trinajstić information content (AvgIpc) is 2.80. The molecule has 0 aromatic heterocycles. The molecule has 0 N–H and O–H groups in total. The summed E-state index contributed by atoms with van der Waals surface area (Å²) in [7, 11) is 0. The summed E-state index contributed by atoms with van der Waals surface area (Å²) in [4.78, 5) is 26.3. The summed E-state index contributed by atoms with van der Waals surface area (Å²) in [6.07, 6.45) is 5.40. The topological polar surface area (TPSA) is 37.4 Å². The Kier molecular flexibility index (Phi) is 3.44. The van der Waals surface area contributed by atoms with Crippen LogP contribution in [-0.2, 0) is 9.59 Å². The molecule has 1 saturated carbocycles. The number of rotatable bonds is 1. The SMILES string of the molecule is Cc1cc(N2C(=O)CC3(CCCC3)CC2=O)ccc1Br. The van der Waals surface area contributed by atoms with E-state index in [9.17, 15) is 9.59 Å². The number of anilines is 1. The summed E-state index contributed by atoms with van der Waals surface area (Å²) < 4.78 is 0.991. The van der Waals surface area contributed by atoms with Gasteiger partial charge < -0.3 is 0 Å². The third-order valence-corrected chi connectivity index (χ3v) is 5.50. The smallest absolute Gasteiger partial charge is 0.234 e. The molecule has 0 atom stereocenters. The quantitative estimate of drug-likeness (QED) is 0.728. The highest BCUT2D eigenvalue weighted by Gasteiger charge is 2.45. The molecule has 1 aliphatic carbocycles. The van der Waals surface area contributed by atoms with Crippen LogP contribution in [0.2, 0.25) is 0 Å². The Bertz CT molecular complexity index is 556. The van der Waals surface area contributed by atoms with Crippen molar-refractivity contribution in [3.63, 3.8) is 0 Å². The number of nitrogens with zero attached hydrogens (tertiary/aromatic N) is 1. The highest BCUT2D eigenvalue weighted by atomic mass is 79.9. The number of hydrogen-bond donors (Lipinski definition) is 0. The Morgan fingerprint density at radius 1 is 1.10 bits per heavy atom. The number of hydrogen-bond acceptors (Lipinski definition) is 2. The molecule has 1 spiro atoms. The maximum Gasteiger partial charge on any atom is 0.234 e. The number of carbonyl (C=O) groups excluding carboxylic acids is 2. The molecule has 4 heteroatoms. The number of imide groups is 1. The first-order valence-corrected chi connectivity index (χ1v) is 7.92. The summed E-state index contributed by atoms with van der Waals surface area (Å²) in [6, 6.07) is 5.62. The highest BCUT2D eigenvalue weighted by Crippen LogP contribution is 2.47. The van der Waals surface area contributed by atoms with Crippen molar-refractivity contribution in [2.75, 3.05) is 4.90 Å². The van der Waals surface area contributed by atoms with Crippen molar-refractivity contribution in [3.8, 4) is 0 Å². The predicted octanol–water partition coefficient (Wildman–Crippen LogP) is 3.97. The number of piperidine rings is 1. The lowest BCUT2D eigenvalue weighted by atomic mass is 9.76. The van der Waals surface area contributed by atoms with E-state index in [1.807, 2.05) is 25.1 Å². The van der Waals surface area contributed by atoms with Gasteiger partial charge in [-0.1, -0.05) is 28.8 Å². The van der Waals surface area contributed by atoms with Crippen LogP contribution in [-0.4, -0.2) is 11.8 Å². The van der Waals surface area contributed by atoms with Gasteiger partial charge in [-0.25, -0.2) is 0 Å². The first-order chi connectivity index (χ1) is 9.51. The zero-order chi connectivity index (χ0) is 14.3. The molecule has 2 amide bonds. The van der Waals surface area contributed by atoms with Crippen LogP contribution in [0, 0.1) is 12.3 Å². The molecule has 3 rings (SSSR count). The molecule has 0 bridgehead atoms. The predicted molar refractivity (Wildman–Crippen MR) is 81.5 cm³/mol. The second-order valence-corrected chi connectivity index (χ2v) is 6.97. The summed E-state index contributed by atoms with van der Waals surface area (Å²) in [5.74, 6) is -0.0743. The van der Waals surface area contributed by atoms with E-state index in [4.69, 9.17) is 0 Å². The molecule has 1 saturated heterocycles. The zero-order valence-electron chi connectivity index (χ0n) is 11.6. The summed E-state index contributed by atoms with van der Waals surface area (Å²) in [5, 5.41) is 0. The maximum absolute atomic E-state index is 12.5. The molecule has 3 nitrogen and oxygen atoms in total. The fourth-order valence-electron chi connectivity index (χ4n) is 3.54.